The highest BCUT2D eigenvalue weighted by Crippen LogP contribution is 2.14. The van der Waals surface area contributed by atoms with E-state index in [-0.39, 0.29) is 6.03 Å². The Morgan fingerprint density at radius 3 is 2.26 bits per heavy atom. The average Bonchev–Trinajstić information content (AvgIpc) is 2.66. The Morgan fingerprint density at radius 2 is 1.59 bits per heavy atom. The van der Waals surface area contributed by atoms with Crippen molar-refractivity contribution in [3.05, 3.63) is 94.8 Å². The third-order valence-electron chi connectivity index (χ3n) is 4.37. The summed E-state index contributed by atoms with van der Waals surface area (Å²) in [6.07, 6.45) is 5.45. The predicted molar refractivity (Wildman–Crippen MR) is 110 cm³/mol. The summed E-state index contributed by atoms with van der Waals surface area (Å²) in [6, 6.07) is 18.3. The van der Waals surface area contributed by atoms with Crippen molar-refractivity contribution in [2.24, 2.45) is 0 Å². The van der Waals surface area contributed by atoms with Gasteiger partial charge in [0.1, 0.15) is 0 Å². The summed E-state index contributed by atoms with van der Waals surface area (Å²) >= 11 is 0. The summed E-state index contributed by atoms with van der Waals surface area (Å²) in [5.41, 5.74) is 6.99. The number of nitrogens with zero attached hydrogens (tertiary/aromatic N) is 1. The van der Waals surface area contributed by atoms with Gasteiger partial charge in [-0.2, -0.15) is 0 Å². The number of carbonyl (C=O) groups excluding carboxylic acids is 1. The van der Waals surface area contributed by atoms with Crippen LogP contribution >= 0.6 is 0 Å². The third-order valence-corrected chi connectivity index (χ3v) is 4.37. The topological polar surface area (TPSA) is 54.0 Å². The van der Waals surface area contributed by atoms with E-state index >= 15 is 0 Å². The van der Waals surface area contributed by atoms with Crippen LogP contribution in [0, 0.1) is 13.8 Å². The van der Waals surface area contributed by atoms with Crippen LogP contribution in [-0.2, 0) is 19.4 Å². The van der Waals surface area contributed by atoms with E-state index in [1.165, 1.54) is 22.3 Å². The van der Waals surface area contributed by atoms with Crippen LogP contribution in [0.25, 0.3) is 0 Å². The van der Waals surface area contributed by atoms with Crippen molar-refractivity contribution in [2.75, 3.05) is 5.32 Å². The minimum Gasteiger partial charge on any atom is -0.334 e. The van der Waals surface area contributed by atoms with Gasteiger partial charge in [-0.3, -0.25) is 4.98 Å². The van der Waals surface area contributed by atoms with Crippen LogP contribution in [0.3, 0.4) is 0 Å². The van der Waals surface area contributed by atoms with Gasteiger partial charge in [0.25, 0.3) is 0 Å². The molecule has 0 aliphatic heterocycles. The second-order valence-corrected chi connectivity index (χ2v) is 6.86. The number of amides is 2. The van der Waals surface area contributed by atoms with Crippen LogP contribution in [0.2, 0.25) is 0 Å². The number of anilines is 1. The van der Waals surface area contributed by atoms with E-state index in [1.807, 2.05) is 24.3 Å². The lowest BCUT2D eigenvalue weighted by molar-refractivity contribution is 0.251. The molecule has 3 rings (SSSR count). The molecule has 0 spiro atoms. The molecular formula is C23H25N3O. The molecule has 0 aliphatic rings. The van der Waals surface area contributed by atoms with Crippen LogP contribution in [0.5, 0.6) is 0 Å². The number of nitrogens with one attached hydrogen (secondary N) is 2. The smallest absolute Gasteiger partial charge is 0.319 e. The van der Waals surface area contributed by atoms with E-state index in [1.54, 1.807) is 12.4 Å². The van der Waals surface area contributed by atoms with Crippen molar-refractivity contribution < 1.29 is 4.79 Å². The molecule has 3 aromatic rings. The van der Waals surface area contributed by atoms with Crippen molar-refractivity contribution in [1.82, 2.24) is 10.3 Å². The van der Waals surface area contributed by atoms with E-state index < -0.39 is 0 Å². The fraction of sp³-hybridized carbons (Fsp3) is 0.217. The molecule has 0 atom stereocenters. The molecule has 2 amide bonds. The van der Waals surface area contributed by atoms with E-state index in [4.69, 9.17) is 0 Å². The van der Waals surface area contributed by atoms with Gasteiger partial charge in [-0.15, -0.1) is 0 Å². The quantitative estimate of drug-likeness (QED) is 0.664. The van der Waals surface area contributed by atoms with Crippen molar-refractivity contribution in [1.29, 1.82) is 0 Å². The molecule has 0 radical (unpaired) electrons. The fourth-order valence-electron chi connectivity index (χ4n) is 3.12. The Labute approximate surface area is 160 Å². The molecule has 0 unspecified atom stereocenters. The van der Waals surface area contributed by atoms with E-state index in [2.05, 4.69) is 59.8 Å². The van der Waals surface area contributed by atoms with Gasteiger partial charge in [0.05, 0.1) is 0 Å². The molecule has 1 heterocycles. The molecule has 2 aromatic carbocycles. The van der Waals surface area contributed by atoms with Gasteiger partial charge in [-0.25, -0.2) is 4.79 Å². The minimum atomic E-state index is -0.221. The van der Waals surface area contributed by atoms with Crippen LogP contribution in [0.15, 0.2) is 67.0 Å². The van der Waals surface area contributed by atoms with Crippen LogP contribution in [-0.4, -0.2) is 11.0 Å². The van der Waals surface area contributed by atoms with Gasteiger partial charge >= 0.3 is 6.03 Å². The molecule has 4 heteroatoms. The van der Waals surface area contributed by atoms with E-state index in [0.717, 1.165) is 24.1 Å². The normalized spacial score (nSPS) is 10.4. The maximum atomic E-state index is 12.0. The molecule has 0 bridgehead atoms. The lowest BCUT2D eigenvalue weighted by Crippen LogP contribution is -2.28. The Hall–Kier alpha value is -3.14. The minimum absolute atomic E-state index is 0.221. The Kier molecular flexibility index (Phi) is 6.21. The fourth-order valence-corrected chi connectivity index (χ4v) is 3.12. The van der Waals surface area contributed by atoms with Crippen LogP contribution in [0.4, 0.5) is 10.5 Å². The molecule has 0 aliphatic carbocycles. The van der Waals surface area contributed by atoms with Crippen LogP contribution in [0.1, 0.15) is 27.8 Å². The number of hydrogen-bond donors (Lipinski definition) is 2. The molecule has 4 nitrogen and oxygen atoms in total. The maximum absolute atomic E-state index is 12.0. The lowest BCUT2D eigenvalue weighted by atomic mass is 10.0. The van der Waals surface area contributed by atoms with Crippen molar-refractivity contribution in [2.45, 2.75) is 33.2 Å². The van der Waals surface area contributed by atoms with E-state index in [9.17, 15) is 4.79 Å². The van der Waals surface area contributed by atoms with Crippen molar-refractivity contribution in [3.8, 4) is 0 Å². The number of benzene rings is 2. The third kappa shape index (κ3) is 5.96. The zero-order chi connectivity index (χ0) is 19.1. The standard InChI is InChI=1S/C23H25N3O/c1-17-12-18(2)14-20(13-17)6-5-19-7-9-22(10-8-19)26-23(27)25-16-21-4-3-11-24-15-21/h3-4,7-15H,5-6,16H2,1-2H3,(H2,25,26,27). The number of urea groups is 1. The van der Waals surface area contributed by atoms with Gasteiger partial charge < -0.3 is 10.6 Å². The number of rotatable bonds is 6. The summed E-state index contributed by atoms with van der Waals surface area (Å²) in [5.74, 6) is 0. The summed E-state index contributed by atoms with van der Waals surface area (Å²) in [6.45, 7) is 4.72. The highest BCUT2D eigenvalue weighted by atomic mass is 16.2. The Balaban J connectivity index is 1.48. The van der Waals surface area contributed by atoms with E-state index in [0.29, 0.717) is 6.54 Å². The highest BCUT2D eigenvalue weighted by molar-refractivity contribution is 5.89. The number of aryl methyl sites for hydroxylation is 4. The monoisotopic (exact) mass is 359 g/mol. The Bertz CT molecular complexity index is 869. The summed E-state index contributed by atoms with van der Waals surface area (Å²) in [5, 5.41) is 5.69. The number of carbonyl (C=O) groups is 1. The number of pyridine rings is 1. The van der Waals surface area contributed by atoms with Crippen LogP contribution < -0.4 is 10.6 Å². The second kappa shape index (κ2) is 8.99. The first-order valence-corrected chi connectivity index (χ1v) is 9.18. The Morgan fingerprint density at radius 1 is 0.889 bits per heavy atom. The number of hydrogen-bond acceptors (Lipinski definition) is 2. The SMILES string of the molecule is Cc1cc(C)cc(CCc2ccc(NC(=O)NCc3cccnc3)cc2)c1. The summed E-state index contributed by atoms with van der Waals surface area (Å²) in [7, 11) is 0. The molecular weight excluding hydrogens is 334 g/mol. The average molecular weight is 359 g/mol. The van der Waals surface area contributed by atoms with Crippen molar-refractivity contribution >= 4 is 11.7 Å². The highest BCUT2D eigenvalue weighted by Gasteiger charge is 2.03. The molecule has 27 heavy (non-hydrogen) atoms. The first-order chi connectivity index (χ1) is 13.1. The predicted octanol–water partition coefficient (Wildman–Crippen LogP) is 4.81. The largest absolute Gasteiger partial charge is 0.334 e. The van der Waals surface area contributed by atoms with Gasteiger partial charge in [0.15, 0.2) is 0 Å². The first-order valence-electron chi connectivity index (χ1n) is 9.18. The molecule has 0 fully saturated rings. The lowest BCUT2D eigenvalue weighted by Gasteiger charge is -2.09. The first kappa shape index (κ1) is 18.6. The summed E-state index contributed by atoms with van der Waals surface area (Å²) < 4.78 is 0. The van der Waals surface area contributed by atoms with Crippen molar-refractivity contribution in [3.63, 3.8) is 0 Å². The van der Waals surface area contributed by atoms with Gasteiger partial charge in [0, 0.05) is 24.6 Å². The molecule has 0 saturated heterocycles. The molecule has 0 saturated carbocycles. The maximum Gasteiger partial charge on any atom is 0.319 e. The summed E-state index contributed by atoms with van der Waals surface area (Å²) in [4.78, 5) is 16.0. The number of aromatic nitrogens is 1. The van der Waals surface area contributed by atoms with Gasteiger partial charge in [-0.1, -0.05) is 47.5 Å². The zero-order valence-corrected chi connectivity index (χ0v) is 15.8. The zero-order valence-electron chi connectivity index (χ0n) is 15.8. The second-order valence-electron chi connectivity index (χ2n) is 6.86. The molecule has 1 aromatic heterocycles. The van der Waals surface area contributed by atoms with Gasteiger partial charge in [0.2, 0.25) is 0 Å². The van der Waals surface area contributed by atoms with Gasteiger partial charge in [-0.05, 0) is 61.6 Å². The molecule has 2 N–H and O–H groups in total. The molecule has 138 valence electrons.